The van der Waals surface area contributed by atoms with E-state index in [1.54, 1.807) is 0 Å². The second kappa shape index (κ2) is 13.7. The number of hydrogen-bond donors (Lipinski definition) is 1. The lowest BCUT2D eigenvalue weighted by molar-refractivity contribution is 0.0392. The summed E-state index contributed by atoms with van der Waals surface area (Å²) in [6.45, 7) is 36.0. The van der Waals surface area contributed by atoms with E-state index in [1.807, 2.05) is 39.3 Å². The standard InChI is InChI=1S/C21H57O8Si7/c1-17-18-23-19-21(22)20-36(27-33(11,12)24-30(2,3)4,28-34(13,14)25-31(5,6)7)29-35(15,16)26-32(8,9)10/h21-22H,1,17-20H2,2-16H3. The Kier molecular flexibility index (Phi) is 14.2. The van der Waals surface area contributed by atoms with Crippen LogP contribution in [-0.4, -0.2) is 83.9 Å². The fourth-order valence-electron chi connectivity index (χ4n) is 4.25. The Morgan fingerprint density at radius 2 is 0.861 bits per heavy atom. The maximum atomic E-state index is 11.1. The highest BCUT2D eigenvalue weighted by Crippen LogP contribution is 2.33. The Morgan fingerprint density at radius 1 is 0.556 bits per heavy atom. The molecule has 0 aliphatic carbocycles. The van der Waals surface area contributed by atoms with Gasteiger partial charge in [0.05, 0.1) is 12.7 Å². The van der Waals surface area contributed by atoms with Gasteiger partial charge in [-0.3, -0.25) is 0 Å². The van der Waals surface area contributed by atoms with Gasteiger partial charge in [-0.2, -0.15) is 0 Å². The summed E-state index contributed by atoms with van der Waals surface area (Å²) in [5.41, 5.74) is 0. The molecule has 0 amide bonds. The maximum Gasteiger partial charge on any atom is 0.476 e. The summed E-state index contributed by atoms with van der Waals surface area (Å²) in [4.78, 5) is 0. The Morgan fingerprint density at radius 3 is 1.11 bits per heavy atom. The quantitative estimate of drug-likeness (QED) is 0.140. The van der Waals surface area contributed by atoms with Crippen LogP contribution in [0.1, 0.15) is 6.42 Å². The van der Waals surface area contributed by atoms with Gasteiger partial charge in [0.15, 0.2) is 25.0 Å². The number of ether oxygens (including phenoxy) is 1. The van der Waals surface area contributed by atoms with Crippen LogP contribution in [0.4, 0.5) is 0 Å². The molecule has 8 nitrogen and oxygen atoms in total. The smallest absolute Gasteiger partial charge is 0.437 e. The van der Waals surface area contributed by atoms with Gasteiger partial charge >= 0.3 is 34.5 Å². The average Bonchev–Trinajstić information content (AvgIpc) is 2.44. The molecule has 1 atom stereocenters. The average molecular weight is 634 g/mol. The second-order valence-corrected chi connectivity index (χ2v) is 41.4. The highest BCUT2D eigenvalue weighted by atomic mass is 28.5. The molecule has 217 valence electrons. The zero-order valence-corrected chi connectivity index (χ0v) is 32.9. The zero-order valence-electron chi connectivity index (χ0n) is 25.9. The number of aliphatic hydroxyl groups excluding tert-OH is 1. The second-order valence-electron chi connectivity index (χ2n) is 13.6. The van der Waals surface area contributed by atoms with Gasteiger partial charge in [0.1, 0.15) is 0 Å². The van der Waals surface area contributed by atoms with E-state index in [2.05, 4.69) is 65.8 Å². The van der Waals surface area contributed by atoms with E-state index in [0.29, 0.717) is 13.0 Å². The first kappa shape index (κ1) is 37.2. The summed E-state index contributed by atoms with van der Waals surface area (Å²) < 4.78 is 46.1. The SMILES string of the molecule is [CH2]CCOCC(O)C[Si](O[Si](C)(C)O[Si](C)(C)C)(O[Si](C)(C)O[Si](C)(C)C)O[Si](C)(C)O[Si](C)(C)C. The molecule has 0 aromatic rings. The predicted octanol–water partition coefficient (Wildman–Crippen LogP) is 6.24. The van der Waals surface area contributed by atoms with Crippen LogP contribution < -0.4 is 0 Å². The third-order valence-electron chi connectivity index (χ3n) is 3.94. The number of aliphatic hydroxyl groups is 1. The van der Waals surface area contributed by atoms with Crippen molar-refractivity contribution in [2.75, 3.05) is 13.2 Å². The van der Waals surface area contributed by atoms with Gasteiger partial charge in [0, 0.05) is 12.7 Å². The van der Waals surface area contributed by atoms with E-state index < -0.39 is 65.5 Å². The fourth-order valence-corrected chi connectivity index (χ4v) is 35.9. The lowest BCUT2D eigenvalue weighted by Crippen LogP contribution is -2.66. The molecule has 0 fully saturated rings. The molecule has 1 radical (unpaired) electrons. The Hall–Kier alpha value is 1.20. The first-order valence-electron chi connectivity index (χ1n) is 13.0. The van der Waals surface area contributed by atoms with Crippen molar-refractivity contribution >= 4 is 59.4 Å². The number of rotatable bonds is 18. The lowest BCUT2D eigenvalue weighted by Gasteiger charge is -2.47. The van der Waals surface area contributed by atoms with Gasteiger partial charge in [-0.25, -0.2) is 0 Å². The Bertz CT molecular complexity index is 584. The molecule has 0 heterocycles. The molecule has 0 saturated carbocycles. The van der Waals surface area contributed by atoms with Gasteiger partial charge in [-0.05, 0) is 105 Å². The molecule has 0 aromatic carbocycles. The molecule has 0 aromatic heterocycles. The van der Waals surface area contributed by atoms with Crippen molar-refractivity contribution < 1.29 is 34.5 Å². The van der Waals surface area contributed by atoms with E-state index in [4.69, 9.17) is 29.4 Å². The molecule has 0 aliphatic heterocycles. The van der Waals surface area contributed by atoms with Crippen molar-refractivity contribution in [2.45, 2.75) is 117 Å². The van der Waals surface area contributed by atoms with Crippen LogP contribution in [-0.2, 0) is 29.4 Å². The fraction of sp³-hybridized carbons (Fsp3) is 0.952. The van der Waals surface area contributed by atoms with Crippen LogP contribution in [0.3, 0.4) is 0 Å². The summed E-state index contributed by atoms with van der Waals surface area (Å²) >= 11 is 0. The molecule has 1 unspecified atom stereocenters. The third kappa shape index (κ3) is 18.5. The molecule has 0 saturated heterocycles. The van der Waals surface area contributed by atoms with Gasteiger partial charge < -0.3 is 34.5 Å². The largest absolute Gasteiger partial charge is 0.476 e. The number of hydrogen-bond acceptors (Lipinski definition) is 8. The van der Waals surface area contributed by atoms with Gasteiger partial charge in [-0.15, -0.1) is 0 Å². The minimum absolute atomic E-state index is 0.158. The van der Waals surface area contributed by atoms with Crippen LogP contribution in [0.15, 0.2) is 0 Å². The van der Waals surface area contributed by atoms with Crippen molar-refractivity contribution in [2.24, 2.45) is 0 Å². The predicted molar refractivity (Wildman–Crippen MR) is 166 cm³/mol. The van der Waals surface area contributed by atoms with E-state index in [-0.39, 0.29) is 12.7 Å². The molecule has 0 rings (SSSR count). The minimum Gasteiger partial charge on any atom is -0.437 e. The van der Waals surface area contributed by atoms with Crippen LogP contribution >= 0.6 is 0 Å². The lowest BCUT2D eigenvalue weighted by atomic mass is 10.4. The normalized spacial score (nSPS) is 15.9. The van der Waals surface area contributed by atoms with E-state index in [1.165, 1.54) is 0 Å². The summed E-state index contributed by atoms with van der Waals surface area (Å²) in [6.07, 6.45) is -0.190. The zero-order chi connectivity index (χ0) is 28.9. The van der Waals surface area contributed by atoms with Crippen molar-refractivity contribution in [3.8, 4) is 0 Å². The molecule has 36 heavy (non-hydrogen) atoms. The van der Waals surface area contributed by atoms with E-state index in [9.17, 15) is 5.11 Å². The van der Waals surface area contributed by atoms with Crippen molar-refractivity contribution in [1.82, 2.24) is 0 Å². The summed E-state index contributed by atoms with van der Waals surface area (Å²) in [5, 5.41) is 11.1. The minimum atomic E-state index is -3.59. The van der Waals surface area contributed by atoms with E-state index in [0.717, 1.165) is 0 Å². The van der Waals surface area contributed by atoms with E-state index >= 15 is 0 Å². The Balaban J connectivity index is 6.59. The maximum absolute atomic E-state index is 11.1. The summed E-state index contributed by atoms with van der Waals surface area (Å²) in [5.74, 6) is 0. The topological polar surface area (TPSA) is 84.8 Å². The van der Waals surface area contributed by atoms with Crippen LogP contribution in [0.2, 0.25) is 104 Å². The molecule has 0 aliphatic rings. The van der Waals surface area contributed by atoms with Crippen LogP contribution in [0.25, 0.3) is 0 Å². The first-order chi connectivity index (χ1) is 15.7. The first-order valence-corrected chi connectivity index (χ1v) is 33.6. The molecule has 1 N–H and O–H groups in total. The molecular weight excluding hydrogens is 577 g/mol. The molecular formula is C21H57O8Si7. The van der Waals surface area contributed by atoms with Gasteiger partial charge in [-0.1, -0.05) is 6.92 Å². The summed E-state index contributed by atoms with van der Waals surface area (Å²) in [7, 11) is -17.6. The van der Waals surface area contributed by atoms with Crippen molar-refractivity contribution in [1.29, 1.82) is 0 Å². The monoisotopic (exact) mass is 633 g/mol. The third-order valence-corrected chi connectivity index (χ3v) is 27.8. The molecule has 0 bridgehead atoms. The van der Waals surface area contributed by atoms with Crippen LogP contribution in [0.5, 0.6) is 0 Å². The van der Waals surface area contributed by atoms with Crippen LogP contribution in [0, 0.1) is 6.92 Å². The van der Waals surface area contributed by atoms with Crippen molar-refractivity contribution in [3.63, 3.8) is 0 Å². The highest BCUT2D eigenvalue weighted by molar-refractivity contribution is 6.92. The Labute approximate surface area is 230 Å². The van der Waals surface area contributed by atoms with Gasteiger partial charge in [0.2, 0.25) is 0 Å². The summed E-state index contributed by atoms with van der Waals surface area (Å²) in [6, 6.07) is 0.187. The van der Waals surface area contributed by atoms with Gasteiger partial charge in [0.25, 0.3) is 0 Å². The molecule has 15 heteroatoms. The van der Waals surface area contributed by atoms with Crippen molar-refractivity contribution in [3.05, 3.63) is 6.92 Å². The molecule has 0 spiro atoms. The highest BCUT2D eigenvalue weighted by Gasteiger charge is 2.57.